The molecule has 2 aromatic carbocycles. The number of nitrogens with zero attached hydrogens (tertiary/aromatic N) is 3. The number of aromatic nitrogens is 2. The van der Waals surface area contributed by atoms with Crippen molar-refractivity contribution in [2.75, 3.05) is 24.5 Å². The molecule has 0 unspecified atom stereocenters. The topological polar surface area (TPSA) is 101 Å². The summed E-state index contributed by atoms with van der Waals surface area (Å²) in [5.74, 6) is 0.153. The molecule has 0 atom stereocenters. The maximum atomic E-state index is 13.8. The van der Waals surface area contributed by atoms with Gasteiger partial charge in [0.2, 0.25) is 0 Å². The van der Waals surface area contributed by atoms with Gasteiger partial charge < -0.3 is 15.7 Å². The minimum Gasteiger partial charge on any atom is -0.481 e. The molecule has 1 aliphatic heterocycles. The van der Waals surface area contributed by atoms with Crippen molar-refractivity contribution in [3.8, 4) is 5.69 Å². The molecule has 31 heavy (non-hydrogen) atoms. The van der Waals surface area contributed by atoms with E-state index in [1.54, 1.807) is 4.57 Å². The predicted molar refractivity (Wildman–Crippen MR) is 122 cm³/mol. The van der Waals surface area contributed by atoms with E-state index in [4.69, 9.17) is 15.8 Å². The average molecular weight is 421 g/mol. The first-order valence-corrected chi connectivity index (χ1v) is 10.9. The van der Waals surface area contributed by atoms with Gasteiger partial charge in [-0.2, -0.15) is 0 Å². The lowest BCUT2D eigenvalue weighted by atomic mass is 9.93. The van der Waals surface area contributed by atoms with E-state index in [0.717, 1.165) is 43.7 Å². The van der Waals surface area contributed by atoms with Gasteiger partial charge >= 0.3 is 5.97 Å². The van der Waals surface area contributed by atoms with Crippen LogP contribution in [0.2, 0.25) is 0 Å². The Balaban J connectivity index is 1.78. The molecule has 3 aromatic rings. The number of rotatable bonds is 7. The van der Waals surface area contributed by atoms with Crippen LogP contribution in [-0.4, -0.2) is 40.3 Å². The molecule has 1 aromatic heterocycles. The number of para-hydroxylation sites is 1. The first-order valence-electron chi connectivity index (χ1n) is 10.9. The Hall–Kier alpha value is -3.19. The number of aryl methyl sites for hydroxylation is 1. The number of anilines is 1. The molecule has 3 N–H and O–H groups in total. The molecule has 0 aliphatic carbocycles. The summed E-state index contributed by atoms with van der Waals surface area (Å²) in [6, 6.07) is 15.4. The highest BCUT2D eigenvalue weighted by Gasteiger charge is 2.24. The number of fused-ring (bicyclic) bond motifs is 1. The van der Waals surface area contributed by atoms with Crippen LogP contribution in [0, 0.1) is 5.92 Å². The second kappa shape index (κ2) is 9.31. The Kier molecular flexibility index (Phi) is 6.32. The molecule has 0 radical (unpaired) electrons. The van der Waals surface area contributed by atoms with Gasteiger partial charge in [0, 0.05) is 25.9 Å². The molecule has 1 fully saturated rings. The van der Waals surface area contributed by atoms with Crippen molar-refractivity contribution in [3.63, 3.8) is 0 Å². The SMILES string of the molecule is NCCCc1nc2cccc(N3CCC(CC(=O)O)CC3)c2c(=O)n1-c1ccccc1. The number of carboxylic acid groups (broad SMARTS) is 1. The van der Waals surface area contributed by atoms with Crippen molar-refractivity contribution < 1.29 is 9.90 Å². The first kappa shape index (κ1) is 21.1. The Morgan fingerprint density at radius 1 is 1.10 bits per heavy atom. The molecule has 7 heteroatoms. The maximum Gasteiger partial charge on any atom is 0.303 e. The van der Waals surface area contributed by atoms with E-state index in [-0.39, 0.29) is 17.9 Å². The second-order valence-electron chi connectivity index (χ2n) is 8.10. The highest BCUT2D eigenvalue weighted by atomic mass is 16.4. The third kappa shape index (κ3) is 4.46. The van der Waals surface area contributed by atoms with E-state index < -0.39 is 5.97 Å². The van der Waals surface area contributed by atoms with Gasteiger partial charge in [-0.3, -0.25) is 14.2 Å². The monoisotopic (exact) mass is 420 g/mol. The fraction of sp³-hybridized carbons (Fsp3) is 0.375. The number of carboxylic acids is 1. The van der Waals surface area contributed by atoms with Gasteiger partial charge in [-0.15, -0.1) is 0 Å². The van der Waals surface area contributed by atoms with Crippen molar-refractivity contribution in [3.05, 3.63) is 64.7 Å². The largest absolute Gasteiger partial charge is 0.481 e. The van der Waals surface area contributed by atoms with E-state index in [9.17, 15) is 9.59 Å². The van der Waals surface area contributed by atoms with Gasteiger partial charge in [-0.25, -0.2) is 4.98 Å². The summed E-state index contributed by atoms with van der Waals surface area (Å²) in [5, 5.41) is 9.69. The van der Waals surface area contributed by atoms with Crippen molar-refractivity contribution >= 4 is 22.6 Å². The predicted octanol–water partition coefficient (Wildman–Crippen LogP) is 2.97. The van der Waals surface area contributed by atoms with Crippen molar-refractivity contribution in [2.24, 2.45) is 11.7 Å². The third-order valence-electron chi connectivity index (χ3n) is 5.98. The molecule has 0 saturated carbocycles. The summed E-state index contributed by atoms with van der Waals surface area (Å²) in [5.41, 5.74) is 8.00. The van der Waals surface area contributed by atoms with Gasteiger partial charge in [0.15, 0.2) is 0 Å². The van der Waals surface area contributed by atoms with Gasteiger partial charge in [0.05, 0.1) is 22.3 Å². The minimum absolute atomic E-state index is 0.0773. The molecule has 0 spiro atoms. The third-order valence-corrected chi connectivity index (χ3v) is 5.98. The molecule has 1 aliphatic rings. The highest BCUT2D eigenvalue weighted by Crippen LogP contribution is 2.29. The fourth-order valence-electron chi connectivity index (χ4n) is 4.42. The maximum absolute atomic E-state index is 13.8. The number of piperidine rings is 1. The van der Waals surface area contributed by atoms with Gasteiger partial charge in [-0.1, -0.05) is 24.3 Å². The van der Waals surface area contributed by atoms with Gasteiger partial charge in [0.1, 0.15) is 5.82 Å². The zero-order valence-electron chi connectivity index (χ0n) is 17.5. The number of hydrogen-bond acceptors (Lipinski definition) is 5. The van der Waals surface area contributed by atoms with Crippen LogP contribution in [0.25, 0.3) is 16.6 Å². The number of nitrogens with two attached hydrogens (primary N) is 1. The van der Waals surface area contributed by atoms with Gasteiger partial charge in [0.25, 0.3) is 5.56 Å². The number of benzene rings is 2. The van der Waals surface area contributed by atoms with Crippen LogP contribution in [0.4, 0.5) is 5.69 Å². The van der Waals surface area contributed by atoms with Gasteiger partial charge in [-0.05, 0) is 56.0 Å². The van der Waals surface area contributed by atoms with Crippen LogP contribution in [-0.2, 0) is 11.2 Å². The molecular weight excluding hydrogens is 392 g/mol. The van der Waals surface area contributed by atoms with E-state index in [0.29, 0.717) is 29.7 Å². The number of aliphatic carboxylic acids is 1. The molecule has 1 saturated heterocycles. The van der Waals surface area contributed by atoms with Crippen molar-refractivity contribution in [1.82, 2.24) is 9.55 Å². The number of hydrogen-bond donors (Lipinski definition) is 2. The highest BCUT2D eigenvalue weighted by molar-refractivity contribution is 5.91. The standard InChI is InChI=1S/C24H28N4O3/c25-13-5-10-21-26-19-8-4-9-20(27-14-11-17(12-15-27)16-22(29)30)23(19)24(31)28(21)18-6-2-1-3-7-18/h1-4,6-9,17H,5,10-16,25H2,(H,29,30). The molecule has 162 valence electrons. The lowest BCUT2D eigenvalue weighted by Crippen LogP contribution is -2.35. The Morgan fingerprint density at radius 2 is 1.84 bits per heavy atom. The molecular formula is C24H28N4O3. The van der Waals surface area contributed by atoms with Crippen LogP contribution >= 0.6 is 0 Å². The second-order valence-corrected chi connectivity index (χ2v) is 8.10. The zero-order valence-corrected chi connectivity index (χ0v) is 17.5. The summed E-state index contributed by atoms with van der Waals surface area (Å²) in [6.45, 7) is 2.00. The first-order chi connectivity index (χ1) is 15.1. The smallest absolute Gasteiger partial charge is 0.303 e. The zero-order chi connectivity index (χ0) is 21.8. The van der Waals surface area contributed by atoms with E-state index in [2.05, 4.69) is 4.90 Å². The summed E-state index contributed by atoms with van der Waals surface area (Å²) < 4.78 is 1.71. The molecule has 4 rings (SSSR count). The average Bonchev–Trinajstić information content (AvgIpc) is 2.78. The summed E-state index contributed by atoms with van der Waals surface area (Å²) in [6.07, 6.45) is 3.19. The molecule has 0 bridgehead atoms. The molecule has 2 heterocycles. The van der Waals surface area contributed by atoms with E-state index >= 15 is 0 Å². The fourth-order valence-corrected chi connectivity index (χ4v) is 4.42. The van der Waals surface area contributed by atoms with E-state index in [1.807, 2.05) is 48.5 Å². The Labute approximate surface area is 181 Å². The van der Waals surface area contributed by atoms with E-state index in [1.165, 1.54) is 0 Å². The summed E-state index contributed by atoms with van der Waals surface area (Å²) >= 11 is 0. The Morgan fingerprint density at radius 3 is 2.52 bits per heavy atom. The van der Waals surface area contributed by atoms with Crippen LogP contribution < -0.4 is 16.2 Å². The summed E-state index contributed by atoms with van der Waals surface area (Å²) in [4.78, 5) is 31.9. The minimum atomic E-state index is -0.747. The van der Waals surface area contributed by atoms with Crippen LogP contribution in [0.3, 0.4) is 0 Å². The quantitative estimate of drug-likeness (QED) is 0.609. The normalized spacial score (nSPS) is 14.8. The van der Waals surface area contributed by atoms with Crippen molar-refractivity contribution in [2.45, 2.75) is 32.1 Å². The molecule has 0 amide bonds. The van der Waals surface area contributed by atoms with Crippen LogP contribution in [0.5, 0.6) is 0 Å². The van der Waals surface area contributed by atoms with Crippen molar-refractivity contribution in [1.29, 1.82) is 0 Å². The van der Waals surface area contributed by atoms with Crippen LogP contribution in [0.1, 0.15) is 31.5 Å². The Bertz CT molecular complexity index is 1120. The lowest BCUT2D eigenvalue weighted by molar-refractivity contribution is -0.138. The van der Waals surface area contributed by atoms with Crippen LogP contribution in [0.15, 0.2) is 53.3 Å². The molecule has 7 nitrogen and oxygen atoms in total. The lowest BCUT2D eigenvalue weighted by Gasteiger charge is -2.33. The summed E-state index contributed by atoms with van der Waals surface area (Å²) in [7, 11) is 0. The number of carbonyl (C=O) groups is 1.